The van der Waals surface area contributed by atoms with Crippen molar-refractivity contribution in [3.8, 4) is 0 Å². The average molecular weight is 391 g/mol. The minimum Gasteiger partial charge on any atom is -0.371 e. The highest BCUT2D eigenvalue weighted by Gasteiger charge is 2.20. The third-order valence-electron chi connectivity index (χ3n) is 4.99. The van der Waals surface area contributed by atoms with E-state index in [0.717, 1.165) is 25.2 Å². The van der Waals surface area contributed by atoms with Crippen molar-refractivity contribution in [1.29, 1.82) is 5.41 Å². The third-order valence-corrected chi connectivity index (χ3v) is 5.33. The van der Waals surface area contributed by atoms with E-state index in [1.807, 2.05) is 45.5 Å². The molecule has 1 saturated heterocycles. The molecule has 0 amide bonds. The number of rotatable bonds is 6. The standard InChI is InChI=1S/C19H22ClFN5O/c1-24-5-3-19-25(6-7-26(19)24)11-15-16(20)8-13(9-17(15)21)18(22)12-27-14-2-4-23-10-14/h3,5-9,14,22-23H,2,4,10-12H2,1H3/q+1. The van der Waals surface area contributed by atoms with Crippen molar-refractivity contribution >= 4 is 23.0 Å². The van der Waals surface area contributed by atoms with Gasteiger partial charge in [-0.25, -0.2) is 13.6 Å². The number of hydrogen-bond donors (Lipinski definition) is 2. The van der Waals surface area contributed by atoms with E-state index >= 15 is 0 Å². The molecule has 1 aromatic carbocycles. The van der Waals surface area contributed by atoms with Crippen LogP contribution in [0.15, 0.2) is 36.8 Å². The highest BCUT2D eigenvalue weighted by Crippen LogP contribution is 2.22. The number of halogens is 2. The maximum Gasteiger partial charge on any atom is 0.307 e. The maximum atomic E-state index is 14.8. The number of ether oxygens (including phenoxy) is 1. The maximum absolute atomic E-state index is 14.8. The molecule has 0 saturated carbocycles. The number of benzene rings is 1. The van der Waals surface area contributed by atoms with Crippen LogP contribution in [0.2, 0.25) is 5.02 Å². The highest BCUT2D eigenvalue weighted by atomic mass is 35.5. The largest absolute Gasteiger partial charge is 0.371 e. The molecule has 2 N–H and O–H groups in total. The predicted octanol–water partition coefficient (Wildman–Crippen LogP) is 2.15. The molecule has 142 valence electrons. The second kappa shape index (κ2) is 7.42. The van der Waals surface area contributed by atoms with Crippen LogP contribution < -0.4 is 9.88 Å². The van der Waals surface area contributed by atoms with E-state index in [-0.39, 0.29) is 18.4 Å². The van der Waals surface area contributed by atoms with Gasteiger partial charge in [-0.15, -0.1) is 4.52 Å². The Kier molecular flexibility index (Phi) is 4.99. The lowest BCUT2D eigenvalue weighted by atomic mass is 10.1. The third kappa shape index (κ3) is 3.63. The number of fused-ring (bicyclic) bond motifs is 1. The summed E-state index contributed by atoms with van der Waals surface area (Å²) in [5.41, 5.74) is 2.05. The molecule has 4 rings (SSSR count). The second-order valence-electron chi connectivity index (χ2n) is 6.84. The van der Waals surface area contributed by atoms with E-state index in [0.29, 0.717) is 22.7 Å². The minimum absolute atomic E-state index is 0.115. The summed E-state index contributed by atoms with van der Waals surface area (Å²) in [5.74, 6) is -0.410. The molecule has 8 heteroatoms. The fourth-order valence-corrected chi connectivity index (χ4v) is 3.67. The SMILES string of the molecule is Cn1ccc2n1cc[n+]2Cc1c(F)cc(C(=N)COC2CCNC2)cc1Cl. The summed E-state index contributed by atoms with van der Waals surface area (Å²) < 4.78 is 26.3. The van der Waals surface area contributed by atoms with Gasteiger partial charge in [0.25, 0.3) is 0 Å². The normalized spacial score (nSPS) is 17.1. The van der Waals surface area contributed by atoms with Crippen molar-refractivity contribution in [2.45, 2.75) is 19.1 Å². The van der Waals surface area contributed by atoms with Crippen molar-refractivity contribution < 1.29 is 13.7 Å². The van der Waals surface area contributed by atoms with Gasteiger partial charge < -0.3 is 15.5 Å². The van der Waals surface area contributed by atoms with Crippen molar-refractivity contribution in [2.75, 3.05) is 19.7 Å². The number of nitrogens with one attached hydrogen (secondary N) is 2. The van der Waals surface area contributed by atoms with Gasteiger partial charge in [0.1, 0.15) is 18.6 Å². The summed E-state index contributed by atoms with van der Waals surface area (Å²) in [6.45, 7) is 2.20. The number of aryl methyl sites for hydroxylation is 1. The van der Waals surface area contributed by atoms with Gasteiger partial charge in [0, 0.05) is 37.0 Å². The summed E-state index contributed by atoms with van der Waals surface area (Å²) in [4.78, 5) is 0. The number of hydrogen-bond acceptors (Lipinski definition) is 3. The summed E-state index contributed by atoms with van der Waals surface area (Å²) >= 11 is 6.37. The van der Waals surface area contributed by atoms with Gasteiger partial charge in [0.05, 0.1) is 23.4 Å². The summed E-state index contributed by atoms with van der Waals surface area (Å²) in [5, 5.41) is 11.7. The lowest BCUT2D eigenvalue weighted by Crippen LogP contribution is -2.33. The highest BCUT2D eigenvalue weighted by molar-refractivity contribution is 6.31. The van der Waals surface area contributed by atoms with Crippen LogP contribution in [-0.2, 0) is 18.3 Å². The van der Waals surface area contributed by atoms with E-state index in [9.17, 15) is 4.39 Å². The Morgan fingerprint density at radius 3 is 3.04 bits per heavy atom. The van der Waals surface area contributed by atoms with E-state index < -0.39 is 5.82 Å². The van der Waals surface area contributed by atoms with Crippen LogP contribution in [-0.4, -0.2) is 40.7 Å². The summed E-state index contributed by atoms with van der Waals surface area (Å²) in [6.07, 6.45) is 6.80. The number of nitrogens with zero attached hydrogens (tertiary/aromatic N) is 3. The Hall–Kier alpha value is -2.22. The van der Waals surface area contributed by atoms with Crippen LogP contribution in [0.3, 0.4) is 0 Å². The monoisotopic (exact) mass is 390 g/mol. The zero-order chi connectivity index (χ0) is 19.0. The second-order valence-corrected chi connectivity index (χ2v) is 7.25. The average Bonchev–Trinajstić information content (AvgIpc) is 3.36. The first-order valence-electron chi connectivity index (χ1n) is 8.93. The Labute approximate surface area is 161 Å². The van der Waals surface area contributed by atoms with E-state index in [1.165, 1.54) is 6.07 Å². The molecule has 0 spiro atoms. The zero-order valence-corrected chi connectivity index (χ0v) is 15.8. The van der Waals surface area contributed by atoms with Crippen LogP contribution in [0.25, 0.3) is 5.65 Å². The van der Waals surface area contributed by atoms with Gasteiger partial charge in [-0.05, 0) is 25.1 Å². The van der Waals surface area contributed by atoms with E-state index in [1.54, 1.807) is 6.07 Å². The van der Waals surface area contributed by atoms with Gasteiger partial charge >= 0.3 is 5.65 Å². The van der Waals surface area contributed by atoms with Crippen LogP contribution in [0, 0.1) is 11.2 Å². The molecule has 1 unspecified atom stereocenters. The topological polar surface area (TPSA) is 58.3 Å². The molecule has 1 atom stereocenters. The molecule has 6 nitrogen and oxygen atoms in total. The summed E-state index contributed by atoms with van der Waals surface area (Å²) in [7, 11) is 1.94. The van der Waals surface area contributed by atoms with Crippen molar-refractivity contribution in [1.82, 2.24) is 14.5 Å². The fraction of sp³-hybridized carbons (Fsp3) is 0.368. The van der Waals surface area contributed by atoms with Crippen LogP contribution in [0.5, 0.6) is 0 Å². The molecule has 0 bridgehead atoms. The Bertz CT molecular complexity index is 966. The Morgan fingerprint density at radius 2 is 2.30 bits per heavy atom. The molecule has 3 heterocycles. The van der Waals surface area contributed by atoms with Crippen LogP contribution >= 0.6 is 11.6 Å². The number of imidazole rings is 1. The molecule has 2 aromatic heterocycles. The Morgan fingerprint density at radius 1 is 1.44 bits per heavy atom. The van der Waals surface area contributed by atoms with E-state index in [4.69, 9.17) is 21.7 Å². The van der Waals surface area contributed by atoms with Crippen LogP contribution in [0.4, 0.5) is 4.39 Å². The quantitative estimate of drug-likeness (QED) is 0.500. The van der Waals surface area contributed by atoms with Gasteiger partial charge in [-0.3, -0.25) is 0 Å². The molecule has 1 aliphatic heterocycles. The minimum atomic E-state index is -0.410. The zero-order valence-electron chi connectivity index (χ0n) is 15.1. The van der Waals surface area contributed by atoms with Crippen molar-refractivity contribution in [3.63, 3.8) is 0 Å². The van der Waals surface area contributed by atoms with Crippen LogP contribution in [0.1, 0.15) is 17.5 Å². The molecule has 0 radical (unpaired) electrons. The molecular formula is C19H22ClFN5O+. The lowest BCUT2D eigenvalue weighted by Gasteiger charge is -2.12. The van der Waals surface area contributed by atoms with Gasteiger partial charge in [-0.1, -0.05) is 11.6 Å². The lowest BCUT2D eigenvalue weighted by molar-refractivity contribution is -0.662. The molecule has 0 aliphatic carbocycles. The molecule has 27 heavy (non-hydrogen) atoms. The molecular weight excluding hydrogens is 369 g/mol. The molecule has 3 aromatic rings. The molecule has 1 aliphatic rings. The number of aromatic nitrogens is 3. The van der Waals surface area contributed by atoms with Crippen molar-refractivity contribution in [2.24, 2.45) is 7.05 Å². The molecule has 1 fully saturated rings. The fourth-order valence-electron chi connectivity index (χ4n) is 3.40. The smallest absolute Gasteiger partial charge is 0.307 e. The predicted molar refractivity (Wildman–Crippen MR) is 101 cm³/mol. The van der Waals surface area contributed by atoms with Gasteiger partial charge in [-0.2, -0.15) is 0 Å². The Balaban J connectivity index is 1.52. The first-order chi connectivity index (χ1) is 13.0. The first-order valence-corrected chi connectivity index (χ1v) is 9.31. The first kappa shape index (κ1) is 18.2. The van der Waals surface area contributed by atoms with Crippen molar-refractivity contribution in [3.05, 3.63) is 58.8 Å². The summed E-state index contributed by atoms with van der Waals surface area (Å²) in [6, 6.07) is 4.99. The van der Waals surface area contributed by atoms with E-state index in [2.05, 4.69) is 5.32 Å². The van der Waals surface area contributed by atoms with Gasteiger partial charge in [0.15, 0.2) is 6.20 Å². The van der Waals surface area contributed by atoms with Gasteiger partial charge in [0.2, 0.25) is 0 Å².